The van der Waals surface area contributed by atoms with Gasteiger partial charge in [0, 0.05) is 19.5 Å². The van der Waals surface area contributed by atoms with Crippen molar-refractivity contribution < 1.29 is 23.1 Å². The Morgan fingerprint density at radius 2 is 2.20 bits per heavy atom. The Hall–Kier alpha value is -1.15. The fourth-order valence-corrected chi connectivity index (χ4v) is 1.87. The van der Waals surface area contributed by atoms with Crippen LogP contribution >= 0.6 is 0 Å². The van der Waals surface area contributed by atoms with Crippen LogP contribution in [0.3, 0.4) is 0 Å². The largest absolute Gasteiger partial charge is 0.481 e. The Labute approximate surface area is 86.9 Å². The number of hydrogen-bond acceptors (Lipinski definition) is 4. The molecule has 86 valence electrons. The Morgan fingerprint density at radius 1 is 1.60 bits per heavy atom. The number of carboxylic acids is 1. The number of aliphatic carboxylic acids is 1. The first-order valence-electron chi connectivity index (χ1n) is 4.30. The molecule has 0 aromatic rings. The summed E-state index contributed by atoms with van der Waals surface area (Å²) in [6, 6.07) is 0. The minimum atomic E-state index is -3.61. The topological polar surface area (TPSA) is 118 Å². The lowest BCUT2D eigenvalue weighted by atomic mass is 10.1. The number of carboxylic acid groups (broad SMARTS) is 1. The Kier molecular flexibility index (Phi) is 3.30. The van der Waals surface area contributed by atoms with Crippen LogP contribution in [0.2, 0.25) is 0 Å². The SMILES string of the molecule is NS(=O)(=O)CCN1CC(C(=O)O)CC1=O. The summed E-state index contributed by atoms with van der Waals surface area (Å²) in [7, 11) is -3.61. The van der Waals surface area contributed by atoms with Crippen LogP contribution in [0.5, 0.6) is 0 Å². The van der Waals surface area contributed by atoms with E-state index in [4.69, 9.17) is 10.2 Å². The number of amides is 1. The molecule has 3 N–H and O–H groups in total. The number of primary sulfonamides is 1. The minimum Gasteiger partial charge on any atom is -0.481 e. The first kappa shape index (κ1) is 11.9. The lowest BCUT2D eigenvalue weighted by Crippen LogP contribution is -2.33. The van der Waals surface area contributed by atoms with E-state index in [0.717, 1.165) is 0 Å². The van der Waals surface area contributed by atoms with Crippen molar-refractivity contribution in [3.63, 3.8) is 0 Å². The zero-order chi connectivity index (χ0) is 11.6. The van der Waals surface area contributed by atoms with Crippen molar-refractivity contribution in [2.75, 3.05) is 18.8 Å². The highest BCUT2D eigenvalue weighted by molar-refractivity contribution is 7.89. The number of hydrogen-bond donors (Lipinski definition) is 2. The normalized spacial score (nSPS) is 22.1. The van der Waals surface area contributed by atoms with Crippen LogP contribution in [-0.2, 0) is 19.6 Å². The molecule has 15 heavy (non-hydrogen) atoms. The van der Waals surface area contributed by atoms with E-state index in [1.54, 1.807) is 0 Å². The molecule has 0 aliphatic carbocycles. The van der Waals surface area contributed by atoms with Crippen molar-refractivity contribution in [1.29, 1.82) is 0 Å². The van der Waals surface area contributed by atoms with Crippen molar-refractivity contribution in [2.24, 2.45) is 11.1 Å². The quantitative estimate of drug-likeness (QED) is 0.597. The predicted octanol–water partition coefficient (Wildman–Crippen LogP) is -1.79. The highest BCUT2D eigenvalue weighted by atomic mass is 32.2. The molecule has 1 saturated heterocycles. The highest BCUT2D eigenvalue weighted by Crippen LogP contribution is 2.17. The average molecular weight is 236 g/mol. The molecule has 8 heteroatoms. The summed E-state index contributed by atoms with van der Waals surface area (Å²) in [4.78, 5) is 23.0. The lowest BCUT2D eigenvalue weighted by molar-refractivity contribution is -0.141. The highest BCUT2D eigenvalue weighted by Gasteiger charge is 2.34. The number of sulfonamides is 1. The standard InChI is InChI=1S/C7H12N2O5S/c8-15(13,14)2-1-9-4-5(7(11)12)3-6(9)10/h5H,1-4H2,(H,11,12)(H2,8,13,14). The third-order valence-electron chi connectivity index (χ3n) is 2.21. The van der Waals surface area contributed by atoms with Gasteiger partial charge in [-0.25, -0.2) is 13.6 Å². The summed E-state index contributed by atoms with van der Waals surface area (Å²) < 4.78 is 21.3. The molecule has 0 bridgehead atoms. The van der Waals surface area contributed by atoms with E-state index in [9.17, 15) is 18.0 Å². The molecule has 1 rings (SSSR count). The second-order valence-electron chi connectivity index (χ2n) is 3.45. The van der Waals surface area contributed by atoms with Gasteiger partial charge in [-0.05, 0) is 0 Å². The van der Waals surface area contributed by atoms with Crippen LogP contribution in [0.1, 0.15) is 6.42 Å². The molecular weight excluding hydrogens is 224 g/mol. The zero-order valence-corrected chi connectivity index (χ0v) is 8.74. The molecule has 1 unspecified atom stereocenters. The first-order valence-corrected chi connectivity index (χ1v) is 6.02. The minimum absolute atomic E-state index is 0.0402. The monoisotopic (exact) mass is 236 g/mol. The molecule has 0 saturated carbocycles. The van der Waals surface area contributed by atoms with E-state index in [1.165, 1.54) is 4.90 Å². The molecule has 7 nitrogen and oxygen atoms in total. The Bertz CT molecular complexity index is 377. The number of nitrogens with two attached hydrogens (primary N) is 1. The average Bonchev–Trinajstić information content (AvgIpc) is 2.42. The van der Waals surface area contributed by atoms with Crippen molar-refractivity contribution in [3.8, 4) is 0 Å². The molecule has 1 heterocycles. The van der Waals surface area contributed by atoms with Gasteiger partial charge in [0.15, 0.2) is 0 Å². The van der Waals surface area contributed by atoms with Crippen LogP contribution in [-0.4, -0.2) is 49.1 Å². The number of carbonyl (C=O) groups is 2. The Morgan fingerprint density at radius 3 is 2.60 bits per heavy atom. The van der Waals surface area contributed by atoms with Crippen molar-refractivity contribution >= 4 is 21.9 Å². The van der Waals surface area contributed by atoms with E-state index in [-0.39, 0.29) is 31.2 Å². The molecule has 1 fully saturated rings. The van der Waals surface area contributed by atoms with Crippen LogP contribution in [0.25, 0.3) is 0 Å². The summed E-state index contributed by atoms with van der Waals surface area (Å²) >= 11 is 0. The van der Waals surface area contributed by atoms with Gasteiger partial charge in [-0.15, -0.1) is 0 Å². The summed E-state index contributed by atoms with van der Waals surface area (Å²) in [5, 5.41) is 13.4. The molecule has 0 aromatic heterocycles. The fraction of sp³-hybridized carbons (Fsp3) is 0.714. The molecule has 1 atom stereocenters. The van der Waals surface area contributed by atoms with Gasteiger partial charge in [0.25, 0.3) is 0 Å². The maximum atomic E-state index is 11.2. The summed E-state index contributed by atoms with van der Waals surface area (Å²) in [5.74, 6) is -2.46. The molecule has 0 spiro atoms. The van der Waals surface area contributed by atoms with E-state index >= 15 is 0 Å². The smallest absolute Gasteiger partial charge is 0.308 e. The number of likely N-dealkylation sites (tertiary alicyclic amines) is 1. The van der Waals surface area contributed by atoms with Crippen LogP contribution < -0.4 is 5.14 Å². The number of rotatable bonds is 4. The molecule has 1 aliphatic rings. The van der Waals surface area contributed by atoms with Crippen molar-refractivity contribution in [1.82, 2.24) is 4.90 Å². The van der Waals surface area contributed by atoms with E-state index < -0.39 is 21.9 Å². The number of nitrogens with zero attached hydrogens (tertiary/aromatic N) is 1. The number of carbonyl (C=O) groups excluding carboxylic acids is 1. The van der Waals surface area contributed by atoms with E-state index in [0.29, 0.717) is 0 Å². The molecule has 1 amide bonds. The summed E-state index contributed by atoms with van der Waals surface area (Å²) in [6.45, 7) is 0.0190. The van der Waals surface area contributed by atoms with Gasteiger partial charge in [-0.1, -0.05) is 0 Å². The van der Waals surface area contributed by atoms with Gasteiger partial charge in [0.2, 0.25) is 15.9 Å². The van der Waals surface area contributed by atoms with Gasteiger partial charge in [-0.2, -0.15) is 0 Å². The first-order chi connectivity index (χ1) is 6.79. The van der Waals surface area contributed by atoms with Gasteiger partial charge in [0.1, 0.15) is 0 Å². The van der Waals surface area contributed by atoms with Crippen LogP contribution in [0, 0.1) is 5.92 Å². The molecule has 0 radical (unpaired) electrons. The van der Waals surface area contributed by atoms with Gasteiger partial charge in [0.05, 0.1) is 11.7 Å². The summed E-state index contributed by atoms with van der Waals surface area (Å²) in [6.07, 6.45) is -0.0695. The predicted molar refractivity (Wildman–Crippen MR) is 50.3 cm³/mol. The summed E-state index contributed by atoms with van der Waals surface area (Å²) in [5.41, 5.74) is 0. The van der Waals surface area contributed by atoms with Crippen LogP contribution in [0.4, 0.5) is 0 Å². The Balaban J connectivity index is 2.52. The maximum absolute atomic E-state index is 11.2. The second-order valence-corrected chi connectivity index (χ2v) is 5.18. The van der Waals surface area contributed by atoms with Gasteiger partial charge < -0.3 is 10.0 Å². The molecular formula is C7H12N2O5S. The third-order valence-corrected chi connectivity index (χ3v) is 2.96. The lowest BCUT2D eigenvalue weighted by Gasteiger charge is -2.14. The second kappa shape index (κ2) is 4.15. The molecule has 1 aliphatic heterocycles. The maximum Gasteiger partial charge on any atom is 0.308 e. The van der Waals surface area contributed by atoms with Crippen LogP contribution in [0.15, 0.2) is 0 Å². The fourth-order valence-electron chi connectivity index (χ4n) is 1.39. The van der Waals surface area contributed by atoms with Crippen molar-refractivity contribution in [2.45, 2.75) is 6.42 Å². The molecule has 0 aromatic carbocycles. The van der Waals surface area contributed by atoms with Gasteiger partial charge >= 0.3 is 5.97 Å². The van der Waals surface area contributed by atoms with E-state index in [1.807, 2.05) is 0 Å². The van der Waals surface area contributed by atoms with Crippen molar-refractivity contribution in [3.05, 3.63) is 0 Å². The van der Waals surface area contributed by atoms with Gasteiger partial charge in [-0.3, -0.25) is 9.59 Å². The zero-order valence-electron chi connectivity index (χ0n) is 7.92. The van der Waals surface area contributed by atoms with E-state index in [2.05, 4.69) is 0 Å². The third kappa shape index (κ3) is 3.48.